The number of carbonyl (C=O) groups excluding carboxylic acids is 2. The van der Waals surface area contributed by atoms with Crippen molar-refractivity contribution < 1.29 is 18.0 Å². The molecule has 2 aromatic rings. The molecule has 0 saturated carbocycles. The van der Waals surface area contributed by atoms with Gasteiger partial charge < -0.3 is 5.32 Å². The molecule has 0 atom stereocenters. The maximum absolute atomic E-state index is 12.1. The summed E-state index contributed by atoms with van der Waals surface area (Å²) in [5.41, 5.74) is 3.05. The zero-order chi connectivity index (χ0) is 20.0. The highest BCUT2D eigenvalue weighted by atomic mass is 32.2. The Morgan fingerprint density at radius 1 is 1.00 bits per heavy atom. The van der Waals surface area contributed by atoms with Crippen molar-refractivity contribution in [2.45, 2.75) is 26.8 Å². The summed E-state index contributed by atoms with van der Waals surface area (Å²) >= 11 is 0. The Balaban J connectivity index is 1.98. The molecule has 0 radical (unpaired) electrons. The first kappa shape index (κ1) is 20.6. The Labute approximate surface area is 160 Å². The summed E-state index contributed by atoms with van der Waals surface area (Å²) < 4.78 is 25.4. The Hall–Kier alpha value is -2.67. The van der Waals surface area contributed by atoms with Crippen LogP contribution in [0.2, 0.25) is 0 Å². The van der Waals surface area contributed by atoms with Crippen LogP contribution >= 0.6 is 0 Å². The van der Waals surface area contributed by atoms with Gasteiger partial charge >= 0.3 is 0 Å². The molecule has 27 heavy (non-hydrogen) atoms. The molecule has 1 N–H and O–H groups in total. The van der Waals surface area contributed by atoms with Crippen LogP contribution in [0.3, 0.4) is 0 Å². The molecule has 0 aliphatic rings. The van der Waals surface area contributed by atoms with Gasteiger partial charge in [-0.25, -0.2) is 8.42 Å². The smallest absolute Gasteiger partial charge is 0.232 e. The van der Waals surface area contributed by atoms with Crippen molar-refractivity contribution in [3.8, 4) is 0 Å². The number of anilines is 1. The minimum atomic E-state index is -3.55. The fourth-order valence-electron chi connectivity index (χ4n) is 2.55. The second-order valence-corrected chi connectivity index (χ2v) is 8.36. The summed E-state index contributed by atoms with van der Waals surface area (Å²) in [5.74, 6) is -0.326. The maximum atomic E-state index is 12.1. The molecular formula is C20H24N2O4S. The van der Waals surface area contributed by atoms with Crippen LogP contribution in [0.5, 0.6) is 0 Å². The van der Waals surface area contributed by atoms with Gasteiger partial charge in [-0.2, -0.15) is 0 Å². The molecular weight excluding hydrogens is 364 g/mol. The highest BCUT2D eigenvalue weighted by Gasteiger charge is 2.18. The van der Waals surface area contributed by atoms with Crippen molar-refractivity contribution in [3.05, 3.63) is 65.2 Å². The average molecular weight is 388 g/mol. The summed E-state index contributed by atoms with van der Waals surface area (Å²) in [5, 5.41) is 2.80. The fraction of sp³-hybridized carbons (Fsp3) is 0.300. The van der Waals surface area contributed by atoms with Crippen LogP contribution in [0, 0.1) is 6.92 Å². The lowest BCUT2D eigenvalue weighted by molar-refractivity contribution is -0.121. The van der Waals surface area contributed by atoms with Gasteiger partial charge in [-0.05, 0) is 43.7 Å². The van der Waals surface area contributed by atoms with E-state index in [1.807, 2.05) is 31.2 Å². The standard InChI is InChI=1S/C20H24N2O4S/c1-15-4-6-17(7-5-15)14-21-20(24)12-13-22(27(3,25)26)19-10-8-18(9-11-19)16(2)23/h4-11H,12-14H2,1-3H3,(H,21,24). The number of amides is 1. The molecule has 0 aliphatic carbocycles. The predicted octanol–water partition coefficient (Wildman–Crippen LogP) is 2.67. The van der Waals surface area contributed by atoms with Gasteiger partial charge in [0, 0.05) is 25.1 Å². The predicted molar refractivity (Wildman–Crippen MR) is 106 cm³/mol. The van der Waals surface area contributed by atoms with Crippen molar-refractivity contribution >= 4 is 27.4 Å². The van der Waals surface area contributed by atoms with Crippen LogP contribution in [0.25, 0.3) is 0 Å². The van der Waals surface area contributed by atoms with Crippen LogP contribution in [-0.4, -0.2) is 32.9 Å². The molecule has 144 valence electrons. The largest absolute Gasteiger partial charge is 0.352 e. The van der Waals surface area contributed by atoms with Crippen LogP contribution in [0.4, 0.5) is 5.69 Å². The van der Waals surface area contributed by atoms with E-state index in [1.165, 1.54) is 11.2 Å². The number of aryl methyl sites for hydroxylation is 1. The SMILES string of the molecule is CC(=O)c1ccc(N(CCC(=O)NCc2ccc(C)cc2)S(C)(=O)=O)cc1. The van der Waals surface area contributed by atoms with E-state index in [2.05, 4.69) is 5.32 Å². The number of Topliss-reactive ketones (excluding diaryl/α,β-unsaturated/α-hetero) is 1. The monoisotopic (exact) mass is 388 g/mol. The lowest BCUT2D eigenvalue weighted by atomic mass is 10.1. The highest BCUT2D eigenvalue weighted by Crippen LogP contribution is 2.19. The Kier molecular flexibility index (Phi) is 6.74. The van der Waals surface area contributed by atoms with Crippen LogP contribution in [-0.2, 0) is 21.4 Å². The highest BCUT2D eigenvalue weighted by molar-refractivity contribution is 7.92. The number of benzene rings is 2. The van der Waals surface area contributed by atoms with E-state index < -0.39 is 10.0 Å². The van der Waals surface area contributed by atoms with E-state index in [1.54, 1.807) is 24.3 Å². The van der Waals surface area contributed by atoms with Gasteiger partial charge in [0.1, 0.15) is 0 Å². The summed E-state index contributed by atoms with van der Waals surface area (Å²) in [7, 11) is -3.55. The topological polar surface area (TPSA) is 83.6 Å². The van der Waals surface area contributed by atoms with Crippen molar-refractivity contribution in [1.29, 1.82) is 0 Å². The first-order valence-corrected chi connectivity index (χ1v) is 10.4. The van der Waals surface area contributed by atoms with Crippen LogP contribution in [0.1, 0.15) is 34.8 Å². The Morgan fingerprint density at radius 2 is 1.59 bits per heavy atom. The number of sulfonamides is 1. The molecule has 7 heteroatoms. The third-order valence-electron chi connectivity index (χ3n) is 4.11. The number of hydrogen-bond donors (Lipinski definition) is 1. The minimum Gasteiger partial charge on any atom is -0.352 e. The van der Waals surface area contributed by atoms with Gasteiger partial charge in [-0.15, -0.1) is 0 Å². The molecule has 2 aromatic carbocycles. The lowest BCUT2D eigenvalue weighted by Gasteiger charge is -2.22. The molecule has 0 fully saturated rings. The summed E-state index contributed by atoms with van der Waals surface area (Å²) in [6.07, 6.45) is 1.13. The van der Waals surface area contributed by atoms with Crippen LogP contribution < -0.4 is 9.62 Å². The van der Waals surface area contributed by atoms with Gasteiger partial charge in [-0.3, -0.25) is 13.9 Å². The molecule has 0 aliphatic heterocycles. The van der Waals surface area contributed by atoms with E-state index in [4.69, 9.17) is 0 Å². The molecule has 0 unspecified atom stereocenters. The number of nitrogens with one attached hydrogen (secondary N) is 1. The second-order valence-electron chi connectivity index (χ2n) is 6.45. The fourth-order valence-corrected chi connectivity index (χ4v) is 3.47. The summed E-state index contributed by atoms with van der Waals surface area (Å²) in [6.45, 7) is 3.86. The third-order valence-corrected chi connectivity index (χ3v) is 5.31. The molecule has 0 aromatic heterocycles. The lowest BCUT2D eigenvalue weighted by Crippen LogP contribution is -2.34. The van der Waals surface area contributed by atoms with E-state index in [9.17, 15) is 18.0 Å². The van der Waals surface area contributed by atoms with Crippen LogP contribution in [0.15, 0.2) is 48.5 Å². The molecule has 0 bridgehead atoms. The molecule has 0 saturated heterocycles. The number of carbonyl (C=O) groups is 2. The zero-order valence-electron chi connectivity index (χ0n) is 15.7. The molecule has 2 rings (SSSR count). The third kappa shape index (κ3) is 6.21. The van der Waals surface area contributed by atoms with Crippen molar-refractivity contribution in [1.82, 2.24) is 5.32 Å². The molecule has 1 amide bonds. The molecule has 6 nitrogen and oxygen atoms in total. The van der Waals surface area contributed by atoms with Gasteiger partial charge in [0.05, 0.1) is 11.9 Å². The van der Waals surface area contributed by atoms with E-state index >= 15 is 0 Å². The molecule has 0 heterocycles. The first-order chi connectivity index (χ1) is 12.7. The second kappa shape index (κ2) is 8.81. The van der Waals surface area contributed by atoms with Gasteiger partial charge in [-0.1, -0.05) is 29.8 Å². The van der Waals surface area contributed by atoms with Gasteiger partial charge in [0.15, 0.2) is 5.78 Å². The zero-order valence-corrected chi connectivity index (χ0v) is 16.5. The van der Waals surface area contributed by atoms with Gasteiger partial charge in [0.2, 0.25) is 15.9 Å². The quantitative estimate of drug-likeness (QED) is 0.705. The Morgan fingerprint density at radius 3 is 2.11 bits per heavy atom. The number of ketones is 1. The first-order valence-electron chi connectivity index (χ1n) is 8.58. The summed E-state index contributed by atoms with van der Waals surface area (Å²) in [4.78, 5) is 23.5. The average Bonchev–Trinajstić information content (AvgIpc) is 2.60. The van der Waals surface area contributed by atoms with E-state index in [-0.39, 0.29) is 24.7 Å². The minimum absolute atomic E-state index is 0.0258. The van der Waals surface area contributed by atoms with Crippen molar-refractivity contribution in [2.75, 3.05) is 17.1 Å². The number of rotatable bonds is 8. The van der Waals surface area contributed by atoms with Gasteiger partial charge in [0.25, 0.3) is 0 Å². The number of hydrogen-bond acceptors (Lipinski definition) is 4. The normalized spacial score (nSPS) is 11.1. The Bertz CT molecular complexity index is 904. The van der Waals surface area contributed by atoms with E-state index in [0.29, 0.717) is 17.8 Å². The van der Waals surface area contributed by atoms with E-state index in [0.717, 1.165) is 17.4 Å². The molecule has 0 spiro atoms. The maximum Gasteiger partial charge on any atom is 0.232 e. The summed E-state index contributed by atoms with van der Waals surface area (Å²) in [6, 6.07) is 14.1. The number of nitrogens with zero attached hydrogens (tertiary/aromatic N) is 1. The van der Waals surface area contributed by atoms with Crippen molar-refractivity contribution in [3.63, 3.8) is 0 Å². The van der Waals surface area contributed by atoms with Crippen molar-refractivity contribution in [2.24, 2.45) is 0 Å².